The smallest absolute Gasteiger partial charge is 0.314 e. The van der Waals surface area contributed by atoms with Crippen molar-refractivity contribution >= 4 is 23.5 Å². The number of rotatable bonds is 6. The summed E-state index contributed by atoms with van der Waals surface area (Å²) in [6.45, 7) is 3.33. The molecular weight excluding hydrogens is 332 g/mol. The zero-order chi connectivity index (χ0) is 19.3. The topological polar surface area (TPSA) is 95.5 Å². The molecule has 0 saturated carbocycles. The fourth-order valence-electron chi connectivity index (χ4n) is 2.66. The summed E-state index contributed by atoms with van der Waals surface area (Å²) in [7, 11) is 1.53. The number of nitrogens with one attached hydrogen (secondary N) is 2. The Morgan fingerprint density at radius 1 is 1.08 bits per heavy atom. The summed E-state index contributed by atoms with van der Waals surface area (Å²) >= 11 is 0. The van der Waals surface area contributed by atoms with Gasteiger partial charge in [-0.1, -0.05) is 36.4 Å². The minimum atomic E-state index is -1.35. The van der Waals surface area contributed by atoms with Crippen LogP contribution in [-0.4, -0.2) is 29.9 Å². The Morgan fingerprint density at radius 2 is 1.73 bits per heavy atom. The third kappa shape index (κ3) is 4.08. The van der Waals surface area contributed by atoms with Crippen LogP contribution in [0, 0.1) is 6.92 Å². The molecule has 0 bridgehead atoms. The van der Waals surface area contributed by atoms with Crippen molar-refractivity contribution in [3.8, 4) is 0 Å². The highest BCUT2D eigenvalue weighted by molar-refractivity contribution is 5.99. The van der Waals surface area contributed by atoms with Gasteiger partial charge >= 0.3 is 5.97 Å². The summed E-state index contributed by atoms with van der Waals surface area (Å²) in [6.07, 6.45) is -0.226. The van der Waals surface area contributed by atoms with E-state index < -0.39 is 17.3 Å². The number of hydrogen-bond acceptors (Lipinski definition) is 3. The Labute approximate surface area is 152 Å². The summed E-state index contributed by atoms with van der Waals surface area (Å²) in [4.78, 5) is 36.1. The first-order valence-electron chi connectivity index (χ1n) is 8.19. The van der Waals surface area contributed by atoms with E-state index in [2.05, 4.69) is 10.6 Å². The van der Waals surface area contributed by atoms with Gasteiger partial charge in [-0.05, 0) is 37.1 Å². The molecule has 3 N–H and O–H groups in total. The molecule has 2 aromatic carbocycles. The Kier molecular flexibility index (Phi) is 5.77. The molecule has 0 aliphatic rings. The zero-order valence-electron chi connectivity index (χ0n) is 15.0. The van der Waals surface area contributed by atoms with Crippen molar-refractivity contribution in [3.63, 3.8) is 0 Å². The first-order valence-corrected chi connectivity index (χ1v) is 8.19. The number of carbonyl (C=O) groups is 3. The SMILES string of the molecule is CNC(=O)c1ccc(C)c(NC(=O)CC(C)(C(=O)O)c2ccccc2)c1. The van der Waals surface area contributed by atoms with Crippen LogP contribution in [0.2, 0.25) is 0 Å². The van der Waals surface area contributed by atoms with Crippen molar-refractivity contribution < 1.29 is 19.5 Å². The number of carboxylic acid groups (broad SMARTS) is 1. The van der Waals surface area contributed by atoms with E-state index in [1.54, 1.807) is 55.5 Å². The van der Waals surface area contributed by atoms with Gasteiger partial charge < -0.3 is 15.7 Å². The number of aryl methyl sites for hydroxylation is 1. The lowest BCUT2D eigenvalue weighted by molar-refractivity contribution is -0.145. The van der Waals surface area contributed by atoms with Gasteiger partial charge in [0.25, 0.3) is 5.91 Å². The maximum atomic E-state index is 12.5. The Balaban J connectivity index is 2.24. The third-order valence-electron chi connectivity index (χ3n) is 4.40. The maximum absolute atomic E-state index is 12.5. The fourth-order valence-corrected chi connectivity index (χ4v) is 2.66. The van der Waals surface area contributed by atoms with Crippen molar-refractivity contribution in [1.82, 2.24) is 5.32 Å². The van der Waals surface area contributed by atoms with Gasteiger partial charge in [0.2, 0.25) is 5.91 Å². The van der Waals surface area contributed by atoms with Gasteiger partial charge in [-0.25, -0.2) is 0 Å². The number of benzene rings is 2. The van der Waals surface area contributed by atoms with Crippen LogP contribution < -0.4 is 10.6 Å². The lowest BCUT2D eigenvalue weighted by Crippen LogP contribution is -2.36. The van der Waals surface area contributed by atoms with E-state index in [1.807, 2.05) is 0 Å². The van der Waals surface area contributed by atoms with E-state index in [1.165, 1.54) is 14.0 Å². The van der Waals surface area contributed by atoms with Crippen LogP contribution in [0.4, 0.5) is 5.69 Å². The first-order chi connectivity index (χ1) is 12.3. The van der Waals surface area contributed by atoms with Crippen LogP contribution in [0.5, 0.6) is 0 Å². The standard InChI is InChI=1S/C20H22N2O4/c1-13-9-10-14(18(24)21-3)11-16(13)22-17(23)12-20(2,19(25)26)15-7-5-4-6-8-15/h4-11H,12H2,1-3H3,(H,21,24)(H,22,23)(H,25,26). The molecule has 0 radical (unpaired) electrons. The van der Waals surface area contributed by atoms with Crippen molar-refractivity contribution in [2.24, 2.45) is 0 Å². The summed E-state index contributed by atoms with van der Waals surface area (Å²) in [5, 5.41) is 14.9. The molecule has 0 fully saturated rings. The second-order valence-corrected chi connectivity index (χ2v) is 6.34. The predicted octanol–water partition coefficient (Wildman–Crippen LogP) is 2.73. The molecule has 136 valence electrons. The normalized spacial score (nSPS) is 12.7. The van der Waals surface area contributed by atoms with Crippen molar-refractivity contribution in [3.05, 3.63) is 65.2 Å². The largest absolute Gasteiger partial charge is 0.481 e. The molecule has 2 amide bonds. The molecular formula is C20H22N2O4. The average Bonchev–Trinajstić information content (AvgIpc) is 2.63. The van der Waals surface area contributed by atoms with Crippen molar-refractivity contribution in [2.75, 3.05) is 12.4 Å². The second-order valence-electron chi connectivity index (χ2n) is 6.34. The fraction of sp³-hybridized carbons (Fsp3) is 0.250. The molecule has 0 saturated heterocycles. The molecule has 2 rings (SSSR count). The van der Waals surface area contributed by atoms with Gasteiger partial charge in [0, 0.05) is 24.7 Å². The molecule has 0 aliphatic heterocycles. The minimum absolute atomic E-state index is 0.226. The van der Waals surface area contributed by atoms with Crippen LogP contribution in [0.15, 0.2) is 48.5 Å². The average molecular weight is 354 g/mol. The van der Waals surface area contributed by atoms with Gasteiger partial charge in [-0.2, -0.15) is 0 Å². The molecule has 6 nitrogen and oxygen atoms in total. The lowest BCUT2D eigenvalue weighted by atomic mass is 9.79. The van der Waals surface area contributed by atoms with Gasteiger partial charge in [0.15, 0.2) is 0 Å². The molecule has 6 heteroatoms. The number of anilines is 1. The van der Waals surface area contributed by atoms with E-state index in [-0.39, 0.29) is 12.3 Å². The third-order valence-corrected chi connectivity index (χ3v) is 4.40. The van der Waals surface area contributed by atoms with E-state index in [0.717, 1.165) is 5.56 Å². The summed E-state index contributed by atoms with van der Waals surface area (Å²) < 4.78 is 0. The lowest BCUT2D eigenvalue weighted by Gasteiger charge is -2.25. The van der Waals surface area contributed by atoms with Gasteiger partial charge in [-0.3, -0.25) is 14.4 Å². The van der Waals surface area contributed by atoms with Crippen LogP contribution >= 0.6 is 0 Å². The van der Waals surface area contributed by atoms with Crippen LogP contribution in [0.25, 0.3) is 0 Å². The number of carboxylic acids is 1. The highest BCUT2D eigenvalue weighted by atomic mass is 16.4. The van der Waals surface area contributed by atoms with Crippen LogP contribution in [0.1, 0.15) is 34.8 Å². The molecule has 2 aromatic rings. The molecule has 0 spiro atoms. The molecule has 0 heterocycles. The molecule has 26 heavy (non-hydrogen) atoms. The monoisotopic (exact) mass is 354 g/mol. The van der Waals surface area contributed by atoms with Crippen molar-refractivity contribution in [2.45, 2.75) is 25.7 Å². The second kappa shape index (κ2) is 7.82. The Bertz CT molecular complexity index is 833. The minimum Gasteiger partial charge on any atom is -0.481 e. The number of carbonyl (C=O) groups excluding carboxylic acids is 2. The molecule has 1 atom stereocenters. The van der Waals surface area contributed by atoms with Gasteiger partial charge in [-0.15, -0.1) is 0 Å². The molecule has 0 aromatic heterocycles. The molecule has 1 unspecified atom stereocenters. The van der Waals surface area contributed by atoms with Crippen molar-refractivity contribution in [1.29, 1.82) is 0 Å². The van der Waals surface area contributed by atoms with E-state index in [4.69, 9.17) is 0 Å². The predicted molar refractivity (Wildman–Crippen MR) is 99.2 cm³/mol. The highest BCUT2D eigenvalue weighted by Crippen LogP contribution is 2.29. The number of amides is 2. The van der Waals surface area contributed by atoms with Gasteiger partial charge in [0.1, 0.15) is 0 Å². The quantitative estimate of drug-likeness (QED) is 0.743. The Morgan fingerprint density at radius 3 is 2.31 bits per heavy atom. The first kappa shape index (κ1) is 19.2. The summed E-state index contributed by atoms with van der Waals surface area (Å²) in [5.41, 5.74) is 0.882. The number of aliphatic carboxylic acids is 1. The van der Waals surface area contributed by atoms with Crippen LogP contribution in [-0.2, 0) is 15.0 Å². The van der Waals surface area contributed by atoms with E-state index >= 15 is 0 Å². The molecule has 0 aliphatic carbocycles. The highest BCUT2D eigenvalue weighted by Gasteiger charge is 2.37. The van der Waals surface area contributed by atoms with Gasteiger partial charge in [0.05, 0.1) is 5.41 Å². The zero-order valence-corrected chi connectivity index (χ0v) is 15.0. The Hall–Kier alpha value is -3.15. The maximum Gasteiger partial charge on any atom is 0.314 e. The van der Waals surface area contributed by atoms with E-state index in [0.29, 0.717) is 16.8 Å². The summed E-state index contributed by atoms with van der Waals surface area (Å²) in [6, 6.07) is 13.6. The number of hydrogen-bond donors (Lipinski definition) is 3. The van der Waals surface area contributed by atoms with Crippen LogP contribution in [0.3, 0.4) is 0 Å². The summed E-state index contributed by atoms with van der Waals surface area (Å²) in [5.74, 6) is -1.77. The van der Waals surface area contributed by atoms with E-state index in [9.17, 15) is 19.5 Å².